The summed E-state index contributed by atoms with van der Waals surface area (Å²) in [5.41, 5.74) is 0.00530. The van der Waals surface area contributed by atoms with Crippen molar-refractivity contribution >= 4 is 5.91 Å². The molecule has 62 valence electrons. The van der Waals surface area contributed by atoms with E-state index >= 15 is 0 Å². The van der Waals surface area contributed by atoms with Gasteiger partial charge >= 0.3 is 0 Å². The van der Waals surface area contributed by atoms with Crippen molar-refractivity contribution in [3.63, 3.8) is 0 Å². The van der Waals surface area contributed by atoms with Gasteiger partial charge in [-0.2, -0.15) is 0 Å². The molecule has 3 nitrogen and oxygen atoms in total. The second-order valence-corrected chi connectivity index (χ2v) is 3.07. The Hall–Kier alpha value is -1.35. The van der Waals surface area contributed by atoms with Gasteiger partial charge in [-0.15, -0.1) is 0 Å². The van der Waals surface area contributed by atoms with E-state index in [1.54, 1.807) is 31.2 Å². The minimum atomic E-state index is -1.20. The molecular weight excluding hydrogens is 154 g/mol. The molecule has 1 heterocycles. The van der Waals surface area contributed by atoms with Crippen LogP contribution in [0.4, 0.5) is 0 Å². The zero-order valence-electron chi connectivity index (χ0n) is 6.66. The van der Waals surface area contributed by atoms with Gasteiger partial charge in [-0.25, -0.2) is 0 Å². The fourth-order valence-corrected chi connectivity index (χ4v) is 1.46. The molecular formula is C9H9NO2. The first-order valence-corrected chi connectivity index (χ1v) is 3.76. The van der Waals surface area contributed by atoms with Crippen LogP contribution in [0.15, 0.2) is 24.3 Å². The van der Waals surface area contributed by atoms with E-state index in [4.69, 9.17) is 0 Å². The molecule has 1 aromatic rings. The quantitative estimate of drug-likeness (QED) is 0.588. The highest BCUT2D eigenvalue weighted by atomic mass is 16.3. The Balaban J connectivity index is 2.66. The van der Waals surface area contributed by atoms with Crippen LogP contribution in [0.25, 0.3) is 0 Å². The zero-order chi connectivity index (χ0) is 8.77. The van der Waals surface area contributed by atoms with Gasteiger partial charge in [-0.3, -0.25) is 4.79 Å². The average Bonchev–Trinajstić information content (AvgIpc) is 2.25. The second kappa shape index (κ2) is 2.08. The van der Waals surface area contributed by atoms with E-state index in [-0.39, 0.29) is 5.91 Å². The predicted octanol–water partition coefficient (Wildman–Crippen LogP) is 0.595. The molecule has 0 saturated carbocycles. The van der Waals surface area contributed by atoms with Gasteiger partial charge < -0.3 is 10.4 Å². The Labute approximate surface area is 70.0 Å². The molecule has 0 radical (unpaired) electrons. The third-order valence-corrected chi connectivity index (χ3v) is 2.05. The molecule has 0 unspecified atom stereocenters. The number of nitrogens with one attached hydrogen (secondary N) is 1. The first-order valence-electron chi connectivity index (χ1n) is 3.76. The Morgan fingerprint density at radius 3 is 2.75 bits per heavy atom. The lowest BCUT2D eigenvalue weighted by Crippen LogP contribution is -2.35. The molecule has 1 aromatic carbocycles. The molecule has 1 aliphatic rings. The fraction of sp³-hybridized carbons (Fsp3) is 0.222. The molecule has 0 fully saturated rings. The first kappa shape index (κ1) is 7.31. The molecule has 2 rings (SSSR count). The Morgan fingerprint density at radius 1 is 1.42 bits per heavy atom. The predicted molar refractivity (Wildman–Crippen MR) is 43.5 cm³/mol. The van der Waals surface area contributed by atoms with E-state index in [9.17, 15) is 9.90 Å². The third kappa shape index (κ3) is 0.833. The number of carbonyl (C=O) groups excluding carboxylic acids is 1. The van der Waals surface area contributed by atoms with Gasteiger partial charge in [-0.1, -0.05) is 18.2 Å². The first-order chi connectivity index (χ1) is 5.61. The van der Waals surface area contributed by atoms with Crippen LogP contribution in [0.5, 0.6) is 0 Å². The summed E-state index contributed by atoms with van der Waals surface area (Å²) < 4.78 is 0. The van der Waals surface area contributed by atoms with Gasteiger partial charge in [0.1, 0.15) is 0 Å². The van der Waals surface area contributed by atoms with Crippen molar-refractivity contribution in [1.82, 2.24) is 5.32 Å². The molecule has 3 heteroatoms. The lowest BCUT2D eigenvalue weighted by atomic mass is 10.0. The van der Waals surface area contributed by atoms with Crippen LogP contribution < -0.4 is 5.32 Å². The summed E-state index contributed by atoms with van der Waals surface area (Å²) in [6.07, 6.45) is 0. The summed E-state index contributed by atoms with van der Waals surface area (Å²) in [6.45, 7) is 1.57. The highest BCUT2D eigenvalue weighted by Crippen LogP contribution is 2.27. The van der Waals surface area contributed by atoms with Crippen molar-refractivity contribution in [3.8, 4) is 0 Å². The number of hydrogen-bond acceptors (Lipinski definition) is 2. The Kier molecular flexibility index (Phi) is 1.26. The smallest absolute Gasteiger partial charge is 0.254 e. The summed E-state index contributed by atoms with van der Waals surface area (Å²) >= 11 is 0. The molecule has 0 aliphatic carbocycles. The summed E-state index contributed by atoms with van der Waals surface area (Å²) in [4.78, 5) is 11.2. The highest BCUT2D eigenvalue weighted by Gasteiger charge is 2.36. The monoisotopic (exact) mass is 163 g/mol. The maximum Gasteiger partial charge on any atom is 0.254 e. The molecule has 1 atom stereocenters. The van der Waals surface area contributed by atoms with Crippen molar-refractivity contribution < 1.29 is 9.90 Å². The second-order valence-electron chi connectivity index (χ2n) is 3.07. The van der Waals surface area contributed by atoms with Gasteiger partial charge in [0.2, 0.25) is 0 Å². The zero-order valence-corrected chi connectivity index (χ0v) is 6.66. The van der Waals surface area contributed by atoms with E-state index in [1.807, 2.05) is 0 Å². The minimum absolute atomic E-state index is 0.212. The molecule has 1 aliphatic heterocycles. The normalized spacial score (nSPS) is 26.7. The summed E-state index contributed by atoms with van der Waals surface area (Å²) in [5.74, 6) is -0.212. The lowest BCUT2D eigenvalue weighted by molar-refractivity contribution is 0.0302. The molecule has 0 spiro atoms. The number of fused-ring (bicyclic) bond motifs is 1. The summed E-state index contributed by atoms with van der Waals surface area (Å²) in [7, 11) is 0. The Morgan fingerprint density at radius 2 is 2.08 bits per heavy atom. The van der Waals surface area contributed by atoms with E-state index in [0.717, 1.165) is 0 Å². The van der Waals surface area contributed by atoms with Crippen LogP contribution >= 0.6 is 0 Å². The van der Waals surface area contributed by atoms with Crippen molar-refractivity contribution in [3.05, 3.63) is 35.4 Å². The lowest BCUT2D eigenvalue weighted by Gasteiger charge is -2.16. The summed E-state index contributed by atoms with van der Waals surface area (Å²) in [5, 5.41) is 12.2. The molecule has 12 heavy (non-hydrogen) atoms. The third-order valence-electron chi connectivity index (χ3n) is 2.05. The van der Waals surface area contributed by atoms with Crippen LogP contribution in [-0.4, -0.2) is 11.0 Å². The minimum Gasteiger partial charge on any atom is -0.367 e. The van der Waals surface area contributed by atoms with E-state index in [2.05, 4.69) is 5.32 Å². The van der Waals surface area contributed by atoms with Crippen LogP contribution in [-0.2, 0) is 5.72 Å². The molecule has 1 amide bonds. The standard InChI is InChI=1S/C9H9NO2/c1-9(12)7-5-3-2-4-6(7)8(11)10-9/h2-5,12H,1H3,(H,10,11)/t9-/m1/s1. The van der Waals surface area contributed by atoms with Crippen molar-refractivity contribution in [1.29, 1.82) is 0 Å². The van der Waals surface area contributed by atoms with Crippen LogP contribution in [0, 0.1) is 0 Å². The van der Waals surface area contributed by atoms with Crippen LogP contribution in [0.3, 0.4) is 0 Å². The van der Waals surface area contributed by atoms with Gasteiger partial charge in [0, 0.05) is 11.1 Å². The molecule has 0 saturated heterocycles. The van der Waals surface area contributed by atoms with Crippen molar-refractivity contribution in [2.24, 2.45) is 0 Å². The van der Waals surface area contributed by atoms with E-state index in [1.165, 1.54) is 0 Å². The average molecular weight is 163 g/mol. The number of benzene rings is 1. The van der Waals surface area contributed by atoms with Gasteiger partial charge in [0.05, 0.1) is 0 Å². The highest BCUT2D eigenvalue weighted by molar-refractivity contribution is 5.99. The number of amides is 1. The van der Waals surface area contributed by atoms with Crippen LogP contribution in [0.1, 0.15) is 22.8 Å². The molecule has 0 bridgehead atoms. The number of rotatable bonds is 0. The maximum atomic E-state index is 11.2. The largest absolute Gasteiger partial charge is 0.367 e. The van der Waals surface area contributed by atoms with Crippen molar-refractivity contribution in [2.45, 2.75) is 12.6 Å². The number of hydrogen-bond donors (Lipinski definition) is 2. The van der Waals surface area contributed by atoms with E-state index < -0.39 is 5.72 Å². The fourth-order valence-electron chi connectivity index (χ4n) is 1.46. The van der Waals surface area contributed by atoms with Gasteiger partial charge in [-0.05, 0) is 13.0 Å². The van der Waals surface area contributed by atoms with Crippen molar-refractivity contribution in [2.75, 3.05) is 0 Å². The van der Waals surface area contributed by atoms with Crippen LogP contribution in [0.2, 0.25) is 0 Å². The number of carbonyl (C=O) groups is 1. The van der Waals surface area contributed by atoms with Gasteiger partial charge in [0.25, 0.3) is 5.91 Å². The van der Waals surface area contributed by atoms with E-state index in [0.29, 0.717) is 11.1 Å². The SMILES string of the molecule is C[C@]1(O)NC(=O)c2ccccc21. The molecule has 2 N–H and O–H groups in total. The van der Waals surface area contributed by atoms with Gasteiger partial charge in [0.15, 0.2) is 5.72 Å². The number of aliphatic hydroxyl groups is 1. The molecule has 0 aromatic heterocycles. The Bertz CT molecular complexity index is 344. The maximum absolute atomic E-state index is 11.2. The topological polar surface area (TPSA) is 49.3 Å². The summed E-state index contributed by atoms with van der Waals surface area (Å²) in [6, 6.07) is 7.02.